The summed E-state index contributed by atoms with van der Waals surface area (Å²) in [4.78, 5) is 7.06. The summed E-state index contributed by atoms with van der Waals surface area (Å²) < 4.78 is 5.77. The average Bonchev–Trinajstić information content (AvgIpc) is 3.26. The number of aromatic amines is 1. The topological polar surface area (TPSA) is 36.0 Å². The van der Waals surface area contributed by atoms with Gasteiger partial charge >= 0.3 is 0 Å². The number of hydrogen-bond donors (Lipinski definition) is 2. The first-order chi connectivity index (χ1) is 13.6. The molecule has 0 saturated carbocycles. The van der Waals surface area contributed by atoms with Crippen molar-refractivity contribution in [1.82, 2.24) is 19.2 Å². The second-order valence-corrected chi connectivity index (χ2v) is 8.62. The second kappa shape index (κ2) is 8.03. The highest BCUT2D eigenvalue weighted by Crippen LogP contribution is 2.34. The van der Waals surface area contributed by atoms with Gasteiger partial charge in [-0.05, 0) is 53.1 Å². The number of nitrogens with one attached hydrogen (secondary N) is 2. The van der Waals surface area contributed by atoms with E-state index >= 15 is 0 Å². The van der Waals surface area contributed by atoms with E-state index in [0.29, 0.717) is 6.04 Å². The fourth-order valence-electron chi connectivity index (χ4n) is 4.16. The van der Waals surface area contributed by atoms with Crippen molar-refractivity contribution in [3.05, 3.63) is 66.6 Å². The molecule has 4 nitrogen and oxygen atoms in total. The Morgan fingerprint density at radius 2 is 2.11 bits per heavy atom. The molecule has 1 unspecified atom stereocenters. The Kier molecular flexibility index (Phi) is 5.49. The van der Waals surface area contributed by atoms with Gasteiger partial charge in [0.15, 0.2) is 0 Å². The third-order valence-electron chi connectivity index (χ3n) is 5.58. The number of H-pyrrole nitrogens is 1. The van der Waals surface area contributed by atoms with Crippen molar-refractivity contribution in [3.8, 4) is 0 Å². The molecule has 146 valence electrons. The molecule has 5 heteroatoms. The summed E-state index contributed by atoms with van der Waals surface area (Å²) in [5.74, 6) is 0.764. The summed E-state index contributed by atoms with van der Waals surface area (Å²) >= 11 is 1.70. The SMILES string of the molecule is C=Cc1c(C(CNSc2ccc3cc[nH]c3c2)N2CC(C)C2)cn(C)c1C=C. The Morgan fingerprint density at radius 3 is 2.82 bits per heavy atom. The van der Waals surface area contributed by atoms with Crippen LogP contribution in [0.1, 0.15) is 29.8 Å². The number of fused-ring (bicyclic) bond motifs is 1. The first kappa shape index (κ1) is 19.1. The van der Waals surface area contributed by atoms with Crippen LogP contribution in [0, 0.1) is 5.92 Å². The molecular weight excluding hydrogens is 364 g/mol. The first-order valence-electron chi connectivity index (χ1n) is 9.75. The van der Waals surface area contributed by atoms with Crippen LogP contribution in [0.5, 0.6) is 0 Å². The van der Waals surface area contributed by atoms with E-state index in [4.69, 9.17) is 0 Å². The highest BCUT2D eigenvalue weighted by molar-refractivity contribution is 7.97. The highest BCUT2D eigenvalue weighted by Gasteiger charge is 2.32. The molecule has 3 aromatic rings. The van der Waals surface area contributed by atoms with E-state index in [0.717, 1.165) is 31.2 Å². The number of benzene rings is 1. The molecule has 28 heavy (non-hydrogen) atoms. The third-order valence-corrected chi connectivity index (χ3v) is 6.38. The number of likely N-dealkylation sites (tertiary alicyclic amines) is 1. The molecule has 3 heterocycles. The van der Waals surface area contributed by atoms with E-state index < -0.39 is 0 Å². The van der Waals surface area contributed by atoms with Crippen LogP contribution in [-0.2, 0) is 7.05 Å². The number of aromatic nitrogens is 2. The number of aryl methyl sites for hydroxylation is 1. The Balaban J connectivity index is 1.52. The molecule has 1 fully saturated rings. The number of rotatable bonds is 8. The zero-order valence-corrected chi connectivity index (χ0v) is 17.4. The number of nitrogens with zero attached hydrogens (tertiary/aromatic N) is 2. The van der Waals surface area contributed by atoms with Crippen LogP contribution in [0.3, 0.4) is 0 Å². The highest BCUT2D eigenvalue weighted by atomic mass is 32.2. The van der Waals surface area contributed by atoms with Gasteiger partial charge in [-0.25, -0.2) is 0 Å². The van der Waals surface area contributed by atoms with E-state index in [2.05, 4.69) is 76.8 Å². The Hall–Kier alpha value is -2.21. The van der Waals surface area contributed by atoms with Crippen molar-refractivity contribution in [2.75, 3.05) is 19.6 Å². The van der Waals surface area contributed by atoms with Gasteiger partial charge in [0.2, 0.25) is 0 Å². The summed E-state index contributed by atoms with van der Waals surface area (Å²) in [6.07, 6.45) is 8.11. The molecule has 0 radical (unpaired) electrons. The predicted molar refractivity (Wildman–Crippen MR) is 121 cm³/mol. The minimum absolute atomic E-state index is 0.325. The lowest BCUT2D eigenvalue weighted by Crippen LogP contribution is -2.49. The quantitative estimate of drug-likeness (QED) is 0.525. The van der Waals surface area contributed by atoms with Gasteiger partial charge in [0, 0.05) is 60.7 Å². The fraction of sp³-hybridized carbons (Fsp3) is 0.304. The normalized spacial score (nSPS) is 16.2. The number of hydrogen-bond acceptors (Lipinski definition) is 3. The van der Waals surface area contributed by atoms with Crippen LogP contribution in [0.4, 0.5) is 0 Å². The summed E-state index contributed by atoms with van der Waals surface area (Å²) in [7, 11) is 2.08. The maximum atomic E-state index is 4.06. The van der Waals surface area contributed by atoms with Crippen LogP contribution < -0.4 is 4.72 Å². The van der Waals surface area contributed by atoms with Gasteiger partial charge in [-0.15, -0.1) is 0 Å². The smallest absolute Gasteiger partial charge is 0.0503 e. The van der Waals surface area contributed by atoms with E-state index in [-0.39, 0.29) is 0 Å². The molecule has 4 rings (SSSR count). The maximum Gasteiger partial charge on any atom is 0.0503 e. The van der Waals surface area contributed by atoms with Crippen LogP contribution >= 0.6 is 11.9 Å². The Bertz CT molecular complexity index is 993. The van der Waals surface area contributed by atoms with Crippen molar-refractivity contribution in [2.24, 2.45) is 13.0 Å². The largest absolute Gasteiger partial charge is 0.361 e. The van der Waals surface area contributed by atoms with Crippen molar-refractivity contribution in [3.63, 3.8) is 0 Å². The predicted octanol–water partition coefficient (Wildman–Crippen LogP) is 5.08. The van der Waals surface area contributed by atoms with Gasteiger partial charge in [0.25, 0.3) is 0 Å². The van der Waals surface area contributed by atoms with Crippen LogP contribution in [-0.4, -0.2) is 34.1 Å². The minimum Gasteiger partial charge on any atom is -0.361 e. The van der Waals surface area contributed by atoms with Crippen molar-refractivity contribution < 1.29 is 0 Å². The third kappa shape index (κ3) is 3.58. The van der Waals surface area contributed by atoms with Crippen molar-refractivity contribution in [2.45, 2.75) is 17.9 Å². The minimum atomic E-state index is 0.325. The molecule has 1 aromatic carbocycles. The zero-order chi connectivity index (χ0) is 19.7. The van der Waals surface area contributed by atoms with Gasteiger partial charge in [-0.2, -0.15) is 0 Å². The van der Waals surface area contributed by atoms with Gasteiger partial charge in [0.1, 0.15) is 0 Å². The Morgan fingerprint density at radius 1 is 1.29 bits per heavy atom. The van der Waals surface area contributed by atoms with E-state index in [1.165, 1.54) is 26.9 Å². The molecule has 0 amide bonds. The van der Waals surface area contributed by atoms with Crippen LogP contribution in [0.2, 0.25) is 0 Å². The monoisotopic (exact) mass is 392 g/mol. The molecule has 1 saturated heterocycles. The summed E-state index contributed by atoms with van der Waals surface area (Å²) in [5.41, 5.74) is 4.83. The summed E-state index contributed by atoms with van der Waals surface area (Å²) in [6, 6.07) is 8.95. The molecule has 0 spiro atoms. The average molecular weight is 393 g/mol. The van der Waals surface area contributed by atoms with Crippen LogP contribution in [0.25, 0.3) is 23.1 Å². The van der Waals surface area contributed by atoms with Crippen LogP contribution in [0.15, 0.2) is 54.7 Å². The van der Waals surface area contributed by atoms with Crippen molar-refractivity contribution in [1.29, 1.82) is 0 Å². The Labute approximate surface area is 171 Å². The molecule has 1 aliphatic rings. The lowest BCUT2D eigenvalue weighted by Gasteiger charge is -2.43. The lowest BCUT2D eigenvalue weighted by molar-refractivity contribution is 0.0641. The second-order valence-electron chi connectivity index (χ2n) is 7.65. The molecule has 2 N–H and O–H groups in total. The maximum absolute atomic E-state index is 4.06. The van der Waals surface area contributed by atoms with Gasteiger partial charge in [-0.1, -0.05) is 32.2 Å². The van der Waals surface area contributed by atoms with Crippen molar-refractivity contribution >= 4 is 35.0 Å². The van der Waals surface area contributed by atoms with Gasteiger partial charge < -0.3 is 9.55 Å². The zero-order valence-electron chi connectivity index (χ0n) is 16.6. The van der Waals surface area contributed by atoms with E-state index in [1.54, 1.807) is 11.9 Å². The molecular formula is C23H28N4S. The lowest BCUT2D eigenvalue weighted by atomic mass is 9.94. The molecule has 1 atom stereocenters. The standard InChI is InChI=1S/C23H28N4S/c1-5-19-20(15-26(4)22(19)6-2)23(27-13-16(3)14-27)12-25-28-18-8-7-17-9-10-24-21(17)11-18/h5-11,15-16,23-25H,1-2,12-14H2,3-4H3. The molecule has 2 aromatic heterocycles. The fourth-order valence-corrected chi connectivity index (χ4v) is 4.88. The van der Waals surface area contributed by atoms with Gasteiger partial charge in [-0.3, -0.25) is 9.62 Å². The van der Waals surface area contributed by atoms with E-state index in [9.17, 15) is 0 Å². The summed E-state index contributed by atoms with van der Waals surface area (Å²) in [6.45, 7) is 13.5. The first-order valence-corrected chi connectivity index (χ1v) is 10.6. The molecule has 1 aliphatic heterocycles. The summed E-state index contributed by atoms with van der Waals surface area (Å²) in [5, 5.41) is 1.24. The van der Waals surface area contributed by atoms with E-state index in [1.807, 2.05) is 18.3 Å². The molecule has 0 aliphatic carbocycles. The molecule has 0 bridgehead atoms. The van der Waals surface area contributed by atoms with Gasteiger partial charge in [0.05, 0.1) is 6.04 Å².